The second-order valence-corrected chi connectivity index (χ2v) is 7.26. The van der Waals surface area contributed by atoms with Crippen LogP contribution in [-0.4, -0.2) is 41.2 Å². The van der Waals surface area contributed by atoms with E-state index in [-0.39, 0.29) is 23.5 Å². The zero-order chi connectivity index (χ0) is 20.5. The van der Waals surface area contributed by atoms with Gasteiger partial charge in [-0.25, -0.2) is 13.9 Å². The molecule has 5 rings (SSSR count). The summed E-state index contributed by atoms with van der Waals surface area (Å²) in [6.45, 7) is 0. The Morgan fingerprint density at radius 2 is 1.93 bits per heavy atom. The van der Waals surface area contributed by atoms with Crippen molar-refractivity contribution in [2.24, 2.45) is 0 Å². The van der Waals surface area contributed by atoms with Gasteiger partial charge < -0.3 is 10.6 Å². The maximum Gasteiger partial charge on any atom is 0.273 e. The molecule has 4 aromatic rings. The molecule has 1 fully saturated rings. The molecule has 0 saturated heterocycles. The summed E-state index contributed by atoms with van der Waals surface area (Å²) in [6.07, 6.45) is 10.5. The number of hydrogen-bond acceptors (Lipinski definition) is 7. The summed E-state index contributed by atoms with van der Waals surface area (Å²) in [6, 6.07) is 6.90. The largest absolute Gasteiger partial charge is 0.367 e. The summed E-state index contributed by atoms with van der Waals surface area (Å²) < 4.78 is 16.4. The lowest BCUT2D eigenvalue weighted by molar-refractivity contribution is 0.625. The zero-order valence-electron chi connectivity index (χ0n) is 15.9. The molecule has 1 aliphatic rings. The van der Waals surface area contributed by atoms with Crippen molar-refractivity contribution in [1.29, 1.82) is 0 Å². The van der Waals surface area contributed by atoms with Crippen LogP contribution in [0.4, 0.5) is 16.2 Å². The fourth-order valence-corrected chi connectivity index (χ4v) is 3.73. The molecular formula is C20H19FN8O. The smallest absolute Gasteiger partial charge is 0.273 e. The summed E-state index contributed by atoms with van der Waals surface area (Å²) in [7, 11) is 0. The third-order valence-corrected chi connectivity index (χ3v) is 5.17. The van der Waals surface area contributed by atoms with Gasteiger partial charge in [-0.3, -0.25) is 14.3 Å². The molecule has 0 unspecified atom stereocenters. The number of rotatable bonds is 5. The van der Waals surface area contributed by atoms with Gasteiger partial charge in [0.2, 0.25) is 5.95 Å². The summed E-state index contributed by atoms with van der Waals surface area (Å²) in [5, 5.41) is 11.1. The molecule has 2 atom stereocenters. The van der Waals surface area contributed by atoms with Crippen LogP contribution < -0.4 is 16.2 Å². The van der Waals surface area contributed by atoms with Gasteiger partial charge in [0.15, 0.2) is 5.65 Å². The van der Waals surface area contributed by atoms with E-state index in [9.17, 15) is 9.18 Å². The van der Waals surface area contributed by atoms with Crippen LogP contribution in [-0.2, 0) is 0 Å². The van der Waals surface area contributed by atoms with Gasteiger partial charge in [-0.2, -0.15) is 4.98 Å². The number of halogens is 1. The molecule has 0 aliphatic heterocycles. The van der Waals surface area contributed by atoms with Crippen molar-refractivity contribution < 1.29 is 4.39 Å². The lowest BCUT2D eigenvalue weighted by Crippen LogP contribution is -2.22. The molecule has 10 heteroatoms. The topological polar surface area (TPSA) is 102 Å². The van der Waals surface area contributed by atoms with E-state index in [2.05, 4.69) is 30.7 Å². The number of nitrogens with zero attached hydrogens (tertiary/aromatic N) is 6. The summed E-state index contributed by atoms with van der Waals surface area (Å²) in [5.41, 5.74) is 0.962. The van der Waals surface area contributed by atoms with Gasteiger partial charge in [0, 0.05) is 36.7 Å². The molecular weight excluding hydrogens is 387 g/mol. The zero-order valence-corrected chi connectivity index (χ0v) is 15.9. The molecule has 0 amide bonds. The van der Waals surface area contributed by atoms with E-state index >= 15 is 0 Å². The second-order valence-electron chi connectivity index (χ2n) is 7.26. The Balaban J connectivity index is 1.21. The highest BCUT2D eigenvalue weighted by molar-refractivity contribution is 5.44. The molecule has 1 saturated carbocycles. The molecule has 4 heterocycles. The van der Waals surface area contributed by atoms with Crippen LogP contribution in [0.2, 0.25) is 0 Å². The van der Waals surface area contributed by atoms with E-state index < -0.39 is 0 Å². The van der Waals surface area contributed by atoms with Gasteiger partial charge in [0.05, 0.1) is 18.1 Å². The normalized spacial score (nSPS) is 18.6. The molecule has 9 nitrogen and oxygen atoms in total. The van der Waals surface area contributed by atoms with E-state index in [0.717, 1.165) is 25.1 Å². The molecule has 0 aromatic carbocycles. The van der Waals surface area contributed by atoms with Gasteiger partial charge in [0.25, 0.3) is 5.56 Å². The lowest BCUT2D eigenvalue weighted by atomic mass is 10.2. The Morgan fingerprint density at radius 3 is 2.73 bits per heavy atom. The highest BCUT2D eigenvalue weighted by atomic mass is 19.1. The Morgan fingerprint density at radius 1 is 1.07 bits per heavy atom. The number of fused-ring (bicyclic) bond motifs is 1. The van der Waals surface area contributed by atoms with Gasteiger partial charge in [-0.15, -0.1) is 5.10 Å². The number of pyridine rings is 2. The van der Waals surface area contributed by atoms with Crippen LogP contribution in [0.1, 0.15) is 19.3 Å². The predicted molar refractivity (Wildman–Crippen MR) is 109 cm³/mol. The fraction of sp³-hybridized carbons (Fsp3) is 0.250. The maximum atomic E-state index is 13.3. The van der Waals surface area contributed by atoms with E-state index in [4.69, 9.17) is 0 Å². The Labute approximate surface area is 170 Å². The molecule has 2 N–H and O–H groups in total. The maximum absolute atomic E-state index is 13.3. The fourth-order valence-electron chi connectivity index (χ4n) is 3.73. The van der Waals surface area contributed by atoms with Crippen molar-refractivity contribution in [2.75, 3.05) is 10.6 Å². The van der Waals surface area contributed by atoms with Crippen molar-refractivity contribution >= 4 is 17.4 Å². The van der Waals surface area contributed by atoms with Crippen LogP contribution in [0.3, 0.4) is 0 Å². The quantitative estimate of drug-likeness (QED) is 0.524. The average molecular weight is 406 g/mol. The van der Waals surface area contributed by atoms with Crippen molar-refractivity contribution in [3.63, 3.8) is 0 Å². The molecule has 1 aliphatic carbocycles. The Kier molecular flexibility index (Phi) is 4.58. The molecule has 0 radical (unpaired) electrons. The van der Waals surface area contributed by atoms with E-state index in [1.165, 1.54) is 22.9 Å². The van der Waals surface area contributed by atoms with Gasteiger partial charge in [-0.1, -0.05) is 0 Å². The van der Waals surface area contributed by atoms with Crippen LogP contribution >= 0.6 is 0 Å². The van der Waals surface area contributed by atoms with Crippen LogP contribution in [0.5, 0.6) is 0 Å². The summed E-state index contributed by atoms with van der Waals surface area (Å²) in [5.74, 6) is 0.920. The van der Waals surface area contributed by atoms with Gasteiger partial charge in [0.1, 0.15) is 11.6 Å². The molecule has 4 aromatic heterocycles. The molecule has 152 valence electrons. The van der Waals surface area contributed by atoms with Crippen molar-refractivity contribution in [3.05, 3.63) is 71.4 Å². The molecule has 30 heavy (non-hydrogen) atoms. The first-order valence-electron chi connectivity index (χ1n) is 9.68. The second kappa shape index (κ2) is 7.54. The van der Waals surface area contributed by atoms with E-state index in [1.54, 1.807) is 29.3 Å². The Hall–Kier alpha value is -3.82. The highest BCUT2D eigenvalue weighted by Gasteiger charge is 2.25. The third-order valence-electron chi connectivity index (χ3n) is 5.17. The molecule has 0 spiro atoms. The lowest BCUT2D eigenvalue weighted by Gasteiger charge is -2.15. The first-order chi connectivity index (χ1) is 14.6. The number of hydrogen-bond donors (Lipinski definition) is 2. The predicted octanol–water partition coefficient (Wildman–Crippen LogP) is 2.25. The first kappa shape index (κ1) is 18.2. The SMILES string of the molecule is O=c1cnccn1-c1ccc(N[C@H]2CC[C@H](Nc3nc4cc(F)ccn4n3)C2)nc1. The number of anilines is 2. The number of aromatic nitrogens is 6. The van der Waals surface area contributed by atoms with Crippen molar-refractivity contribution in [2.45, 2.75) is 31.3 Å². The third kappa shape index (κ3) is 3.71. The monoisotopic (exact) mass is 406 g/mol. The standard InChI is InChI=1S/C20H19FN8O/c21-13-5-7-29-18(9-13)26-20(27-29)25-15-2-1-14(10-15)24-17-4-3-16(11-23-17)28-8-6-22-12-19(28)30/h3-9,11-12,14-15H,1-2,10H2,(H,23,24)(H,25,27)/t14-,15-/m0/s1. The number of nitrogens with one attached hydrogen (secondary N) is 2. The van der Waals surface area contributed by atoms with E-state index in [0.29, 0.717) is 17.3 Å². The first-order valence-corrected chi connectivity index (χ1v) is 9.68. The molecule has 0 bridgehead atoms. The highest BCUT2D eigenvalue weighted by Crippen LogP contribution is 2.25. The minimum Gasteiger partial charge on any atom is -0.367 e. The van der Waals surface area contributed by atoms with E-state index in [1.807, 2.05) is 12.1 Å². The van der Waals surface area contributed by atoms with Crippen LogP contribution in [0.15, 0.2) is 60.0 Å². The summed E-state index contributed by atoms with van der Waals surface area (Å²) >= 11 is 0. The minimum absolute atomic E-state index is 0.201. The van der Waals surface area contributed by atoms with Gasteiger partial charge >= 0.3 is 0 Å². The van der Waals surface area contributed by atoms with Crippen molar-refractivity contribution in [3.8, 4) is 5.69 Å². The van der Waals surface area contributed by atoms with Gasteiger partial charge in [-0.05, 0) is 37.5 Å². The van der Waals surface area contributed by atoms with Crippen LogP contribution in [0, 0.1) is 5.82 Å². The van der Waals surface area contributed by atoms with Crippen LogP contribution in [0.25, 0.3) is 11.3 Å². The van der Waals surface area contributed by atoms with Crippen molar-refractivity contribution in [1.82, 2.24) is 29.1 Å². The Bertz CT molecular complexity index is 1240. The minimum atomic E-state index is -0.334. The summed E-state index contributed by atoms with van der Waals surface area (Å²) in [4.78, 5) is 24.4. The average Bonchev–Trinajstić information content (AvgIpc) is 3.35.